The summed E-state index contributed by atoms with van der Waals surface area (Å²) in [6.45, 7) is 0. The van der Waals surface area contributed by atoms with Gasteiger partial charge >= 0.3 is 0 Å². The van der Waals surface area contributed by atoms with Crippen molar-refractivity contribution >= 4 is 44.4 Å². The van der Waals surface area contributed by atoms with Crippen LogP contribution in [0.3, 0.4) is 0 Å². The highest BCUT2D eigenvalue weighted by atomic mass is 32.2. The molecule has 1 heterocycles. The maximum atomic E-state index is 13.2. The van der Waals surface area contributed by atoms with Crippen LogP contribution < -0.4 is 4.72 Å². The summed E-state index contributed by atoms with van der Waals surface area (Å²) >= 11 is 1.03. The van der Waals surface area contributed by atoms with E-state index in [1.54, 1.807) is 42.5 Å². The molecule has 9 nitrogen and oxygen atoms in total. The highest BCUT2D eigenvalue weighted by molar-refractivity contribution is 7.90. The molecule has 0 spiro atoms. The number of nitrogens with one attached hydrogen (secondary N) is 1. The van der Waals surface area contributed by atoms with E-state index in [1.165, 1.54) is 30.3 Å². The molecule has 0 aliphatic carbocycles. The molecule has 0 saturated carbocycles. The van der Waals surface area contributed by atoms with Gasteiger partial charge in [-0.15, -0.1) is 0 Å². The van der Waals surface area contributed by atoms with Gasteiger partial charge in [0.15, 0.2) is 0 Å². The van der Waals surface area contributed by atoms with E-state index < -0.39 is 26.8 Å². The van der Waals surface area contributed by atoms with E-state index in [2.05, 4.69) is 13.5 Å². The van der Waals surface area contributed by atoms with Crippen LogP contribution in [0.15, 0.2) is 77.7 Å². The summed E-state index contributed by atoms with van der Waals surface area (Å²) in [5.74, 6) is -1.68. The number of nitro groups is 1. The fourth-order valence-electron chi connectivity index (χ4n) is 3.27. The molecule has 0 aliphatic heterocycles. The number of non-ortho nitro benzene ring substituents is 1. The standard InChI is InChI=1S/C21H16N4O5S2/c26-21(24-32(29,30)17-7-2-1-3-8-17)18(12-14-5-4-6-16(11-14)25(27)28)15-9-10-19-20(13-15)23-31-22-19/h1-11,13,18H,12H2,(H,24,26). The summed E-state index contributed by atoms with van der Waals surface area (Å²) < 4.78 is 35.9. The molecule has 11 heteroatoms. The van der Waals surface area contributed by atoms with Crippen LogP contribution in [0, 0.1) is 10.1 Å². The van der Waals surface area contributed by atoms with Gasteiger partial charge in [-0.1, -0.05) is 36.4 Å². The smallest absolute Gasteiger partial charge is 0.269 e. The predicted molar refractivity (Wildman–Crippen MR) is 119 cm³/mol. The van der Waals surface area contributed by atoms with Crippen molar-refractivity contribution in [2.24, 2.45) is 0 Å². The van der Waals surface area contributed by atoms with Crippen molar-refractivity contribution in [3.8, 4) is 0 Å². The van der Waals surface area contributed by atoms with E-state index in [9.17, 15) is 23.3 Å². The van der Waals surface area contributed by atoms with Crippen LogP contribution in [-0.2, 0) is 21.2 Å². The Hall–Kier alpha value is -3.70. The number of rotatable bonds is 7. The summed E-state index contributed by atoms with van der Waals surface area (Å²) in [7, 11) is -4.09. The van der Waals surface area contributed by atoms with Crippen molar-refractivity contribution in [3.63, 3.8) is 0 Å². The van der Waals surface area contributed by atoms with Crippen molar-refractivity contribution in [1.82, 2.24) is 13.5 Å². The first-order valence-electron chi connectivity index (χ1n) is 9.41. The van der Waals surface area contributed by atoms with Crippen molar-refractivity contribution in [3.05, 3.63) is 94.0 Å². The third-order valence-corrected chi connectivity index (χ3v) is 6.77. The van der Waals surface area contributed by atoms with Crippen LogP contribution in [0.2, 0.25) is 0 Å². The van der Waals surface area contributed by atoms with E-state index in [4.69, 9.17) is 0 Å². The average molecular weight is 469 g/mol. The summed E-state index contributed by atoms with van der Waals surface area (Å²) in [4.78, 5) is 23.7. The summed E-state index contributed by atoms with van der Waals surface area (Å²) in [6, 6.07) is 18.5. The number of carbonyl (C=O) groups excluding carboxylic acids is 1. The lowest BCUT2D eigenvalue weighted by Gasteiger charge is -2.18. The summed E-state index contributed by atoms with van der Waals surface area (Å²) in [5.41, 5.74) is 2.17. The Kier molecular flexibility index (Phi) is 5.93. The minimum Gasteiger partial charge on any atom is -0.273 e. The molecule has 4 aromatic rings. The summed E-state index contributed by atoms with van der Waals surface area (Å²) in [5, 5.41) is 11.1. The minimum atomic E-state index is -4.09. The summed E-state index contributed by atoms with van der Waals surface area (Å²) in [6.07, 6.45) is 0.0564. The van der Waals surface area contributed by atoms with Crippen LogP contribution >= 0.6 is 11.7 Å². The number of carbonyl (C=O) groups is 1. The number of amides is 1. The predicted octanol–water partition coefficient (Wildman–Crippen LogP) is 3.43. The monoisotopic (exact) mass is 468 g/mol. The number of hydrogen-bond donors (Lipinski definition) is 1. The number of benzene rings is 3. The number of nitrogens with zero attached hydrogens (tertiary/aromatic N) is 3. The molecule has 1 unspecified atom stereocenters. The first-order valence-corrected chi connectivity index (χ1v) is 11.6. The van der Waals surface area contributed by atoms with Gasteiger partial charge in [-0.2, -0.15) is 8.75 Å². The largest absolute Gasteiger partial charge is 0.273 e. The van der Waals surface area contributed by atoms with Crippen LogP contribution in [0.4, 0.5) is 5.69 Å². The Morgan fingerprint density at radius 3 is 2.50 bits per heavy atom. The maximum Gasteiger partial charge on any atom is 0.269 e. The molecule has 0 saturated heterocycles. The molecular formula is C21H16N4O5S2. The molecule has 3 aromatic carbocycles. The zero-order valence-electron chi connectivity index (χ0n) is 16.4. The van der Waals surface area contributed by atoms with Gasteiger partial charge in [0.05, 0.1) is 27.5 Å². The van der Waals surface area contributed by atoms with Crippen LogP contribution in [0.1, 0.15) is 17.0 Å². The lowest BCUT2D eigenvalue weighted by Crippen LogP contribution is -2.35. The van der Waals surface area contributed by atoms with Crippen molar-refractivity contribution in [1.29, 1.82) is 0 Å². The first-order chi connectivity index (χ1) is 15.3. The molecule has 0 bridgehead atoms. The van der Waals surface area contributed by atoms with Gasteiger partial charge in [0.1, 0.15) is 11.0 Å². The number of nitro benzene ring substituents is 1. The maximum absolute atomic E-state index is 13.2. The Morgan fingerprint density at radius 1 is 1.00 bits per heavy atom. The Balaban J connectivity index is 1.70. The van der Waals surface area contributed by atoms with Gasteiger partial charge < -0.3 is 0 Å². The quantitative estimate of drug-likeness (QED) is 0.324. The van der Waals surface area contributed by atoms with Gasteiger partial charge in [0.25, 0.3) is 15.7 Å². The van der Waals surface area contributed by atoms with E-state index in [0.717, 1.165) is 11.7 Å². The fraction of sp³-hybridized carbons (Fsp3) is 0.0952. The van der Waals surface area contributed by atoms with Gasteiger partial charge in [-0.3, -0.25) is 14.9 Å². The Bertz CT molecular complexity index is 1400. The van der Waals surface area contributed by atoms with Crippen LogP contribution in [0.25, 0.3) is 11.0 Å². The number of fused-ring (bicyclic) bond motifs is 1. The molecule has 0 fully saturated rings. The lowest BCUT2D eigenvalue weighted by atomic mass is 9.91. The van der Waals surface area contributed by atoms with E-state index >= 15 is 0 Å². The van der Waals surface area contributed by atoms with Gasteiger partial charge in [0, 0.05) is 12.1 Å². The minimum absolute atomic E-state index is 0.0402. The van der Waals surface area contributed by atoms with Crippen LogP contribution in [0.5, 0.6) is 0 Å². The molecule has 162 valence electrons. The van der Waals surface area contributed by atoms with Gasteiger partial charge in [-0.25, -0.2) is 13.1 Å². The third-order valence-electron chi connectivity index (χ3n) is 4.85. The highest BCUT2D eigenvalue weighted by Crippen LogP contribution is 2.27. The number of hydrogen-bond acceptors (Lipinski definition) is 8. The average Bonchev–Trinajstić information content (AvgIpc) is 3.26. The van der Waals surface area contributed by atoms with Crippen molar-refractivity contribution in [2.75, 3.05) is 0 Å². The topological polar surface area (TPSA) is 132 Å². The van der Waals surface area contributed by atoms with Gasteiger partial charge in [0.2, 0.25) is 5.91 Å². The van der Waals surface area contributed by atoms with Crippen molar-refractivity contribution in [2.45, 2.75) is 17.2 Å². The normalized spacial score (nSPS) is 12.4. The van der Waals surface area contributed by atoms with E-state index in [0.29, 0.717) is 22.2 Å². The zero-order chi connectivity index (χ0) is 22.7. The van der Waals surface area contributed by atoms with Crippen molar-refractivity contribution < 1.29 is 18.1 Å². The molecule has 0 aliphatic rings. The lowest BCUT2D eigenvalue weighted by molar-refractivity contribution is -0.384. The molecular weight excluding hydrogens is 452 g/mol. The van der Waals surface area contributed by atoms with E-state index in [-0.39, 0.29) is 17.0 Å². The molecule has 1 aromatic heterocycles. The molecule has 1 amide bonds. The third kappa shape index (κ3) is 4.63. The zero-order valence-corrected chi connectivity index (χ0v) is 18.0. The number of aromatic nitrogens is 2. The molecule has 32 heavy (non-hydrogen) atoms. The van der Waals surface area contributed by atoms with E-state index in [1.807, 2.05) is 0 Å². The molecule has 1 atom stereocenters. The SMILES string of the molecule is O=C(NS(=O)(=O)c1ccccc1)C(Cc1cccc([N+](=O)[O-])c1)c1ccc2nsnc2c1. The fourth-order valence-corrected chi connectivity index (χ4v) is 4.83. The molecule has 0 radical (unpaired) electrons. The second-order valence-corrected chi connectivity index (χ2v) is 9.19. The molecule has 4 rings (SSSR count). The number of sulfonamides is 1. The van der Waals surface area contributed by atoms with Gasteiger partial charge in [-0.05, 0) is 41.8 Å². The Morgan fingerprint density at radius 2 is 1.75 bits per heavy atom. The first kappa shape index (κ1) is 21.5. The van der Waals surface area contributed by atoms with Crippen LogP contribution in [-0.4, -0.2) is 28.0 Å². The molecule has 1 N–H and O–H groups in total. The highest BCUT2D eigenvalue weighted by Gasteiger charge is 2.27. The Labute approximate surface area is 187 Å². The second kappa shape index (κ2) is 8.81. The second-order valence-electron chi connectivity index (χ2n) is 6.98.